The molecule has 0 unspecified atom stereocenters. The lowest BCUT2D eigenvalue weighted by Crippen LogP contribution is -2.14. The van der Waals surface area contributed by atoms with E-state index in [1.54, 1.807) is 43.5 Å². The van der Waals surface area contributed by atoms with Crippen LogP contribution in [-0.4, -0.2) is 27.8 Å². The van der Waals surface area contributed by atoms with Crippen molar-refractivity contribution >= 4 is 11.6 Å². The zero-order valence-electron chi connectivity index (χ0n) is 16.5. The number of benzene rings is 3. The standard InChI is InChI=1S/C23H19FN4O2/c1-15-6-8-16(9-7-15)22-26-21(27-28(22)19-12-10-17(24)11-13-19)23(29)25-18-4-3-5-20(14-18)30-2/h3-14H,1-2H3,(H,25,29). The van der Waals surface area contributed by atoms with E-state index in [9.17, 15) is 9.18 Å². The minimum Gasteiger partial charge on any atom is -0.497 e. The van der Waals surface area contributed by atoms with Gasteiger partial charge in [0.25, 0.3) is 5.91 Å². The number of aromatic nitrogens is 3. The molecule has 0 aliphatic rings. The summed E-state index contributed by atoms with van der Waals surface area (Å²) in [6.45, 7) is 1.99. The minimum absolute atomic E-state index is 0.00211. The van der Waals surface area contributed by atoms with Crippen LogP contribution in [0, 0.1) is 12.7 Å². The molecule has 0 saturated heterocycles. The van der Waals surface area contributed by atoms with Gasteiger partial charge in [0.05, 0.1) is 12.8 Å². The third kappa shape index (κ3) is 4.05. The number of hydrogen-bond donors (Lipinski definition) is 1. The Morgan fingerprint density at radius 1 is 1.03 bits per heavy atom. The first kappa shape index (κ1) is 19.3. The number of carbonyl (C=O) groups excluding carboxylic acids is 1. The van der Waals surface area contributed by atoms with Gasteiger partial charge in [-0.05, 0) is 43.3 Å². The number of aryl methyl sites for hydroxylation is 1. The Kier molecular flexibility index (Phi) is 5.26. The van der Waals surface area contributed by atoms with E-state index in [1.807, 2.05) is 31.2 Å². The molecule has 0 aliphatic heterocycles. The molecule has 3 aromatic carbocycles. The fourth-order valence-electron chi connectivity index (χ4n) is 2.95. The SMILES string of the molecule is COc1cccc(NC(=O)c2nc(-c3ccc(C)cc3)n(-c3ccc(F)cc3)n2)c1. The summed E-state index contributed by atoms with van der Waals surface area (Å²) in [7, 11) is 1.56. The van der Waals surface area contributed by atoms with E-state index in [-0.39, 0.29) is 11.6 Å². The van der Waals surface area contributed by atoms with Gasteiger partial charge in [0, 0.05) is 17.3 Å². The molecule has 1 N–H and O–H groups in total. The zero-order valence-corrected chi connectivity index (χ0v) is 16.5. The largest absolute Gasteiger partial charge is 0.497 e. The van der Waals surface area contributed by atoms with Crippen LogP contribution in [0.15, 0.2) is 72.8 Å². The zero-order chi connectivity index (χ0) is 21.1. The second-order valence-corrected chi connectivity index (χ2v) is 6.70. The monoisotopic (exact) mass is 402 g/mol. The first-order valence-electron chi connectivity index (χ1n) is 9.29. The highest BCUT2D eigenvalue weighted by Crippen LogP contribution is 2.23. The fraction of sp³-hybridized carbons (Fsp3) is 0.0870. The van der Waals surface area contributed by atoms with Crippen LogP contribution in [0.1, 0.15) is 16.2 Å². The van der Waals surface area contributed by atoms with Crippen molar-refractivity contribution in [1.82, 2.24) is 14.8 Å². The first-order chi connectivity index (χ1) is 14.5. The van der Waals surface area contributed by atoms with Crippen LogP contribution in [0.25, 0.3) is 17.1 Å². The predicted molar refractivity (Wildman–Crippen MR) is 112 cm³/mol. The molecule has 1 aromatic heterocycles. The Labute approximate surface area is 173 Å². The number of anilines is 1. The molecular formula is C23H19FN4O2. The third-order valence-electron chi connectivity index (χ3n) is 4.52. The van der Waals surface area contributed by atoms with Gasteiger partial charge in [0.15, 0.2) is 5.82 Å². The van der Waals surface area contributed by atoms with Crippen LogP contribution < -0.4 is 10.1 Å². The van der Waals surface area contributed by atoms with E-state index in [1.165, 1.54) is 16.8 Å². The molecule has 4 rings (SSSR count). The maximum Gasteiger partial charge on any atom is 0.295 e. The first-order valence-corrected chi connectivity index (χ1v) is 9.29. The Bertz CT molecular complexity index is 1120. The van der Waals surface area contributed by atoms with Crippen molar-refractivity contribution < 1.29 is 13.9 Å². The van der Waals surface area contributed by atoms with Gasteiger partial charge in [-0.25, -0.2) is 14.1 Å². The Balaban J connectivity index is 1.73. The van der Waals surface area contributed by atoms with Gasteiger partial charge in [0.1, 0.15) is 11.6 Å². The minimum atomic E-state index is -0.461. The molecule has 1 heterocycles. The average Bonchev–Trinajstić information content (AvgIpc) is 3.20. The van der Waals surface area contributed by atoms with Gasteiger partial charge in [-0.2, -0.15) is 0 Å². The number of halogens is 1. The highest BCUT2D eigenvalue weighted by atomic mass is 19.1. The summed E-state index contributed by atoms with van der Waals surface area (Å²) >= 11 is 0. The molecule has 0 aliphatic carbocycles. The number of methoxy groups -OCH3 is 1. The summed E-state index contributed by atoms with van der Waals surface area (Å²) in [6.07, 6.45) is 0. The summed E-state index contributed by atoms with van der Waals surface area (Å²) in [4.78, 5) is 17.3. The number of rotatable bonds is 5. The predicted octanol–water partition coefficient (Wildman–Crippen LogP) is 4.64. The van der Waals surface area contributed by atoms with Gasteiger partial charge in [-0.1, -0.05) is 35.9 Å². The van der Waals surface area contributed by atoms with Crippen molar-refractivity contribution in [3.63, 3.8) is 0 Å². The normalized spacial score (nSPS) is 10.6. The Morgan fingerprint density at radius 2 is 1.77 bits per heavy atom. The van der Waals surface area contributed by atoms with Crippen molar-refractivity contribution in [3.05, 3.63) is 90.0 Å². The van der Waals surface area contributed by atoms with E-state index >= 15 is 0 Å². The second kappa shape index (κ2) is 8.16. The molecule has 150 valence electrons. The van der Waals surface area contributed by atoms with Crippen LogP contribution in [-0.2, 0) is 0 Å². The van der Waals surface area contributed by atoms with E-state index < -0.39 is 5.91 Å². The average molecular weight is 402 g/mol. The second-order valence-electron chi connectivity index (χ2n) is 6.70. The van der Waals surface area contributed by atoms with Crippen LogP contribution in [0.4, 0.5) is 10.1 Å². The third-order valence-corrected chi connectivity index (χ3v) is 4.52. The summed E-state index contributed by atoms with van der Waals surface area (Å²) in [5, 5.41) is 7.16. The number of ether oxygens (including phenoxy) is 1. The molecular weight excluding hydrogens is 383 g/mol. The van der Waals surface area contributed by atoms with Crippen LogP contribution >= 0.6 is 0 Å². The number of amides is 1. The lowest BCUT2D eigenvalue weighted by molar-refractivity contribution is 0.101. The maximum atomic E-state index is 13.4. The highest BCUT2D eigenvalue weighted by molar-refractivity contribution is 6.02. The maximum absolute atomic E-state index is 13.4. The molecule has 0 fully saturated rings. The van der Waals surface area contributed by atoms with Crippen molar-refractivity contribution in [2.24, 2.45) is 0 Å². The summed E-state index contributed by atoms with van der Waals surface area (Å²) in [5.41, 5.74) is 3.05. The number of hydrogen-bond acceptors (Lipinski definition) is 4. The number of carbonyl (C=O) groups is 1. The van der Waals surface area contributed by atoms with Gasteiger partial charge < -0.3 is 10.1 Å². The number of nitrogens with zero attached hydrogens (tertiary/aromatic N) is 3. The topological polar surface area (TPSA) is 69.0 Å². The van der Waals surface area contributed by atoms with E-state index in [0.29, 0.717) is 22.9 Å². The molecule has 0 spiro atoms. The smallest absolute Gasteiger partial charge is 0.295 e. The van der Waals surface area contributed by atoms with Crippen molar-refractivity contribution in [3.8, 4) is 22.8 Å². The van der Waals surface area contributed by atoms with E-state index in [0.717, 1.165) is 11.1 Å². The summed E-state index contributed by atoms with van der Waals surface area (Å²) in [5.74, 6) is 0.289. The quantitative estimate of drug-likeness (QED) is 0.528. The van der Waals surface area contributed by atoms with Gasteiger partial charge in [0.2, 0.25) is 5.82 Å². The van der Waals surface area contributed by atoms with Crippen LogP contribution in [0.5, 0.6) is 5.75 Å². The highest BCUT2D eigenvalue weighted by Gasteiger charge is 2.19. The summed E-state index contributed by atoms with van der Waals surface area (Å²) < 4.78 is 20.1. The van der Waals surface area contributed by atoms with Gasteiger partial charge in [-0.15, -0.1) is 5.10 Å². The van der Waals surface area contributed by atoms with Gasteiger partial charge in [-0.3, -0.25) is 4.79 Å². The molecule has 4 aromatic rings. The molecule has 0 bridgehead atoms. The summed E-state index contributed by atoms with van der Waals surface area (Å²) in [6, 6.07) is 20.6. The van der Waals surface area contributed by atoms with Crippen molar-refractivity contribution in [1.29, 1.82) is 0 Å². The molecule has 0 atom stereocenters. The molecule has 30 heavy (non-hydrogen) atoms. The van der Waals surface area contributed by atoms with Crippen LogP contribution in [0.2, 0.25) is 0 Å². The molecule has 1 amide bonds. The molecule has 7 heteroatoms. The fourth-order valence-corrected chi connectivity index (χ4v) is 2.95. The van der Waals surface area contributed by atoms with Crippen LogP contribution in [0.3, 0.4) is 0 Å². The van der Waals surface area contributed by atoms with E-state index in [4.69, 9.17) is 4.74 Å². The Morgan fingerprint density at radius 3 is 2.47 bits per heavy atom. The van der Waals surface area contributed by atoms with E-state index in [2.05, 4.69) is 15.4 Å². The lowest BCUT2D eigenvalue weighted by atomic mass is 10.1. The Hall–Kier alpha value is -4.00. The molecule has 0 saturated carbocycles. The van der Waals surface area contributed by atoms with Gasteiger partial charge >= 0.3 is 0 Å². The number of nitrogens with one attached hydrogen (secondary N) is 1. The van der Waals surface area contributed by atoms with Crippen molar-refractivity contribution in [2.45, 2.75) is 6.92 Å². The molecule has 6 nitrogen and oxygen atoms in total. The molecule has 0 radical (unpaired) electrons. The lowest BCUT2D eigenvalue weighted by Gasteiger charge is -2.06. The van der Waals surface area contributed by atoms with Crippen molar-refractivity contribution in [2.75, 3.05) is 12.4 Å².